The Hall–Kier alpha value is -0.800. The lowest BCUT2D eigenvalue weighted by atomic mass is 10.2. The van der Waals surface area contributed by atoms with Crippen LogP contribution in [0.2, 0.25) is 0 Å². The third-order valence-electron chi connectivity index (χ3n) is 2.63. The molecule has 3 heteroatoms. The highest BCUT2D eigenvalue weighted by atomic mass is 16.3. The van der Waals surface area contributed by atoms with Crippen LogP contribution in [0.25, 0.3) is 0 Å². The lowest BCUT2D eigenvalue weighted by Crippen LogP contribution is -2.34. The molecule has 1 aromatic heterocycles. The molecule has 72 valence electrons. The van der Waals surface area contributed by atoms with E-state index in [1.54, 1.807) is 12.5 Å². The van der Waals surface area contributed by atoms with Gasteiger partial charge in [-0.3, -0.25) is 0 Å². The molecule has 0 unspecified atom stereocenters. The Labute approximate surface area is 77.8 Å². The zero-order valence-corrected chi connectivity index (χ0v) is 7.57. The van der Waals surface area contributed by atoms with Crippen molar-refractivity contribution in [2.24, 2.45) is 0 Å². The Balaban J connectivity index is 1.79. The van der Waals surface area contributed by atoms with Crippen LogP contribution in [-0.4, -0.2) is 17.3 Å². The molecule has 0 aromatic carbocycles. The molecule has 1 heterocycles. The zero-order valence-electron chi connectivity index (χ0n) is 7.57. The molecule has 0 bridgehead atoms. The molecule has 0 saturated heterocycles. The summed E-state index contributed by atoms with van der Waals surface area (Å²) in [5, 5.41) is 12.9. The highest BCUT2D eigenvalue weighted by Crippen LogP contribution is 2.19. The molecule has 0 spiro atoms. The molecule has 1 fully saturated rings. The van der Waals surface area contributed by atoms with Gasteiger partial charge >= 0.3 is 0 Å². The Morgan fingerprint density at radius 2 is 2.46 bits per heavy atom. The van der Waals surface area contributed by atoms with Crippen molar-refractivity contribution in [3.63, 3.8) is 0 Å². The summed E-state index contributed by atoms with van der Waals surface area (Å²) in [6.07, 6.45) is 6.38. The topological polar surface area (TPSA) is 45.4 Å². The third kappa shape index (κ3) is 2.11. The predicted molar refractivity (Wildman–Crippen MR) is 49.2 cm³/mol. The minimum Gasteiger partial charge on any atom is -0.472 e. The van der Waals surface area contributed by atoms with Gasteiger partial charge in [0.15, 0.2) is 0 Å². The van der Waals surface area contributed by atoms with Crippen LogP contribution in [0.15, 0.2) is 23.0 Å². The SMILES string of the molecule is O[C@@H]1CCC[C@H]1NCc1ccoc1. The van der Waals surface area contributed by atoms with Crippen molar-refractivity contribution < 1.29 is 9.52 Å². The summed E-state index contributed by atoms with van der Waals surface area (Å²) in [7, 11) is 0. The highest BCUT2D eigenvalue weighted by Gasteiger charge is 2.24. The van der Waals surface area contributed by atoms with Gasteiger partial charge in [0.1, 0.15) is 0 Å². The number of nitrogens with one attached hydrogen (secondary N) is 1. The number of hydrogen-bond donors (Lipinski definition) is 2. The molecule has 0 radical (unpaired) electrons. The lowest BCUT2D eigenvalue weighted by molar-refractivity contribution is 0.148. The van der Waals surface area contributed by atoms with Gasteiger partial charge in [0.05, 0.1) is 18.6 Å². The maximum absolute atomic E-state index is 9.53. The van der Waals surface area contributed by atoms with Crippen LogP contribution in [0.3, 0.4) is 0 Å². The van der Waals surface area contributed by atoms with E-state index in [1.165, 1.54) is 0 Å². The summed E-state index contributed by atoms with van der Waals surface area (Å²) in [4.78, 5) is 0. The van der Waals surface area contributed by atoms with E-state index in [4.69, 9.17) is 4.42 Å². The predicted octanol–water partition coefficient (Wildman–Crippen LogP) is 1.28. The van der Waals surface area contributed by atoms with E-state index < -0.39 is 0 Å². The number of furan rings is 1. The van der Waals surface area contributed by atoms with Gasteiger partial charge in [0.25, 0.3) is 0 Å². The second kappa shape index (κ2) is 3.94. The number of rotatable bonds is 3. The van der Waals surface area contributed by atoms with Gasteiger partial charge in [-0.05, 0) is 25.3 Å². The minimum atomic E-state index is -0.160. The smallest absolute Gasteiger partial charge is 0.0947 e. The Morgan fingerprint density at radius 3 is 3.08 bits per heavy atom. The fourth-order valence-corrected chi connectivity index (χ4v) is 1.82. The molecular formula is C10H15NO2. The monoisotopic (exact) mass is 181 g/mol. The van der Waals surface area contributed by atoms with Crippen LogP contribution >= 0.6 is 0 Å². The van der Waals surface area contributed by atoms with Crippen LogP contribution in [-0.2, 0) is 6.54 Å². The highest BCUT2D eigenvalue weighted by molar-refractivity contribution is 5.05. The fraction of sp³-hybridized carbons (Fsp3) is 0.600. The molecule has 2 rings (SSSR count). The lowest BCUT2D eigenvalue weighted by Gasteiger charge is -2.15. The van der Waals surface area contributed by atoms with Crippen LogP contribution in [0, 0.1) is 0 Å². The summed E-state index contributed by atoms with van der Waals surface area (Å²) in [6.45, 7) is 0.790. The van der Waals surface area contributed by atoms with Gasteiger partial charge in [-0.1, -0.05) is 0 Å². The average Bonchev–Trinajstić information content (AvgIpc) is 2.72. The molecule has 0 amide bonds. The maximum Gasteiger partial charge on any atom is 0.0947 e. The number of aliphatic hydroxyl groups excluding tert-OH is 1. The van der Waals surface area contributed by atoms with Crippen molar-refractivity contribution in [2.75, 3.05) is 0 Å². The Kier molecular flexibility index (Phi) is 2.66. The first-order valence-corrected chi connectivity index (χ1v) is 4.79. The van der Waals surface area contributed by atoms with Crippen LogP contribution in [0.5, 0.6) is 0 Å². The standard InChI is InChI=1S/C10H15NO2/c12-10-3-1-2-9(10)11-6-8-4-5-13-7-8/h4-5,7,9-12H,1-3,6H2/t9-,10-/m1/s1. The van der Waals surface area contributed by atoms with Crippen molar-refractivity contribution in [3.05, 3.63) is 24.2 Å². The molecule has 1 aromatic rings. The van der Waals surface area contributed by atoms with Crippen molar-refractivity contribution in [1.29, 1.82) is 0 Å². The zero-order chi connectivity index (χ0) is 9.10. The van der Waals surface area contributed by atoms with E-state index in [2.05, 4.69) is 5.32 Å². The molecule has 13 heavy (non-hydrogen) atoms. The van der Waals surface area contributed by atoms with Crippen LogP contribution in [0.4, 0.5) is 0 Å². The minimum absolute atomic E-state index is 0.160. The summed E-state index contributed by atoms with van der Waals surface area (Å²) < 4.78 is 4.95. The Bertz CT molecular complexity index is 245. The maximum atomic E-state index is 9.53. The number of hydrogen-bond acceptors (Lipinski definition) is 3. The summed E-state index contributed by atoms with van der Waals surface area (Å²) >= 11 is 0. The average molecular weight is 181 g/mol. The van der Waals surface area contributed by atoms with E-state index in [-0.39, 0.29) is 12.1 Å². The van der Waals surface area contributed by atoms with E-state index in [0.29, 0.717) is 0 Å². The Morgan fingerprint density at radius 1 is 1.54 bits per heavy atom. The van der Waals surface area contributed by atoms with Gasteiger partial charge in [-0.25, -0.2) is 0 Å². The van der Waals surface area contributed by atoms with Crippen molar-refractivity contribution >= 4 is 0 Å². The molecule has 0 aliphatic heterocycles. The van der Waals surface area contributed by atoms with Gasteiger partial charge in [-0.2, -0.15) is 0 Å². The first-order chi connectivity index (χ1) is 6.36. The summed E-state index contributed by atoms with van der Waals surface area (Å²) in [6, 6.07) is 2.21. The van der Waals surface area contributed by atoms with Crippen molar-refractivity contribution in [3.8, 4) is 0 Å². The van der Waals surface area contributed by atoms with E-state index >= 15 is 0 Å². The molecule has 1 aliphatic carbocycles. The van der Waals surface area contributed by atoms with E-state index in [9.17, 15) is 5.11 Å². The fourth-order valence-electron chi connectivity index (χ4n) is 1.82. The van der Waals surface area contributed by atoms with Gasteiger partial charge in [-0.15, -0.1) is 0 Å². The largest absolute Gasteiger partial charge is 0.472 e. The first-order valence-electron chi connectivity index (χ1n) is 4.79. The second-order valence-corrected chi connectivity index (χ2v) is 3.62. The van der Waals surface area contributed by atoms with Crippen molar-refractivity contribution in [1.82, 2.24) is 5.32 Å². The molecule has 2 N–H and O–H groups in total. The second-order valence-electron chi connectivity index (χ2n) is 3.62. The quantitative estimate of drug-likeness (QED) is 0.738. The molecule has 2 atom stereocenters. The molecular weight excluding hydrogens is 166 g/mol. The van der Waals surface area contributed by atoms with E-state index in [0.717, 1.165) is 31.4 Å². The molecule has 1 saturated carbocycles. The van der Waals surface area contributed by atoms with Crippen LogP contribution in [0.1, 0.15) is 24.8 Å². The van der Waals surface area contributed by atoms with Gasteiger partial charge < -0.3 is 14.8 Å². The normalized spacial score (nSPS) is 28.1. The number of aliphatic hydroxyl groups is 1. The van der Waals surface area contributed by atoms with Gasteiger partial charge in [0, 0.05) is 18.2 Å². The van der Waals surface area contributed by atoms with Crippen LogP contribution < -0.4 is 5.32 Å². The van der Waals surface area contributed by atoms with Crippen molar-refractivity contribution in [2.45, 2.75) is 38.0 Å². The van der Waals surface area contributed by atoms with E-state index in [1.807, 2.05) is 6.07 Å². The molecule has 3 nitrogen and oxygen atoms in total. The van der Waals surface area contributed by atoms with Gasteiger partial charge in [0.2, 0.25) is 0 Å². The molecule has 1 aliphatic rings. The summed E-state index contributed by atoms with van der Waals surface area (Å²) in [5.41, 5.74) is 1.14. The first kappa shape index (κ1) is 8.78. The third-order valence-corrected chi connectivity index (χ3v) is 2.63. The summed E-state index contributed by atoms with van der Waals surface area (Å²) in [5.74, 6) is 0.